The Bertz CT molecular complexity index is 919. The van der Waals surface area contributed by atoms with Crippen LogP contribution >= 0.6 is 15.9 Å². The molecule has 0 atom stereocenters. The van der Waals surface area contributed by atoms with E-state index in [2.05, 4.69) is 36.4 Å². The van der Waals surface area contributed by atoms with E-state index in [4.69, 9.17) is 5.73 Å². The fourth-order valence-corrected chi connectivity index (χ4v) is 2.59. The molecule has 3 rings (SSSR count). The van der Waals surface area contributed by atoms with Crippen molar-refractivity contribution < 1.29 is 0 Å². The number of nitrogens with zero attached hydrogens (tertiary/aromatic N) is 3. The van der Waals surface area contributed by atoms with Crippen LogP contribution in [0.3, 0.4) is 0 Å². The molecule has 3 aromatic rings. The highest BCUT2D eigenvalue weighted by Gasteiger charge is 2.05. The summed E-state index contributed by atoms with van der Waals surface area (Å²) < 4.78 is 1.02. The largest absolute Gasteiger partial charge is 0.399 e. The van der Waals surface area contributed by atoms with Gasteiger partial charge >= 0.3 is 0 Å². The molecule has 0 unspecified atom stereocenters. The average Bonchev–Trinajstić information content (AvgIpc) is 2.60. The summed E-state index contributed by atoms with van der Waals surface area (Å²) in [6.07, 6.45) is 0. The molecule has 0 aliphatic rings. The van der Waals surface area contributed by atoms with Gasteiger partial charge in [-0.25, -0.2) is 9.97 Å². The molecule has 0 aliphatic heterocycles. The number of rotatable bonds is 4. The van der Waals surface area contributed by atoms with Crippen LogP contribution in [0.4, 0.5) is 11.5 Å². The molecule has 6 heteroatoms. The van der Waals surface area contributed by atoms with E-state index in [1.807, 2.05) is 68.4 Å². The minimum atomic E-state index is 0.647. The van der Waals surface area contributed by atoms with Gasteiger partial charge in [0.05, 0.1) is 5.71 Å². The fraction of sp³-hybridized carbons (Fsp3) is 0.105. The highest BCUT2D eigenvalue weighted by atomic mass is 79.9. The summed E-state index contributed by atoms with van der Waals surface area (Å²) in [6.45, 7) is 3.86. The minimum absolute atomic E-state index is 0.647. The third-order valence-corrected chi connectivity index (χ3v) is 4.13. The summed E-state index contributed by atoms with van der Waals surface area (Å²) in [5.41, 5.74) is 13.2. The van der Waals surface area contributed by atoms with Crippen LogP contribution in [0.25, 0.3) is 11.4 Å². The Morgan fingerprint density at radius 1 is 1.08 bits per heavy atom. The van der Waals surface area contributed by atoms with Crippen LogP contribution in [0.5, 0.6) is 0 Å². The van der Waals surface area contributed by atoms with Crippen LogP contribution in [0.2, 0.25) is 0 Å². The minimum Gasteiger partial charge on any atom is -0.399 e. The zero-order chi connectivity index (χ0) is 17.8. The van der Waals surface area contributed by atoms with E-state index in [0.717, 1.165) is 27.0 Å². The van der Waals surface area contributed by atoms with Crippen molar-refractivity contribution in [2.24, 2.45) is 5.10 Å². The zero-order valence-corrected chi connectivity index (χ0v) is 15.6. The predicted octanol–water partition coefficient (Wildman–Crippen LogP) is 4.63. The van der Waals surface area contributed by atoms with E-state index >= 15 is 0 Å². The summed E-state index contributed by atoms with van der Waals surface area (Å²) in [5, 5.41) is 4.41. The van der Waals surface area contributed by atoms with Gasteiger partial charge in [0.25, 0.3) is 0 Å². The number of nitrogens with two attached hydrogens (primary N) is 1. The van der Waals surface area contributed by atoms with Crippen molar-refractivity contribution in [1.82, 2.24) is 9.97 Å². The molecule has 0 radical (unpaired) electrons. The van der Waals surface area contributed by atoms with Crippen LogP contribution in [-0.2, 0) is 0 Å². The second-order valence-corrected chi connectivity index (χ2v) is 6.58. The number of benzene rings is 2. The molecule has 0 fully saturated rings. The Hall–Kier alpha value is -2.73. The number of hydrogen-bond acceptors (Lipinski definition) is 5. The van der Waals surface area contributed by atoms with E-state index in [9.17, 15) is 0 Å². The third kappa shape index (κ3) is 4.42. The van der Waals surface area contributed by atoms with Crippen molar-refractivity contribution >= 4 is 33.1 Å². The molecule has 5 nitrogen and oxygen atoms in total. The van der Waals surface area contributed by atoms with Crippen molar-refractivity contribution in [3.05, 3.63) is 70.3 Å². The molecule has 1 heterocycles. The zero-order valence-electron chi connectivity index (χ0n) is 14.0. The molecule has 25 heavy (non-hydrogen) atoms. The first-order valence-corrected chi connectivity index (χ1v) is 8.58. The van der Waals surface area contributed by atoms with Gasteiger partial charge in [0.1, 0.15) is 0 Å². The Balaban J connectivity index is 1.85. The lowest BCUT2D eigenvalue weighted by atomic mass is 10.1. The normalized spacial score (nSPS) is 11.4. The summed E-state index contributed by atoms with van der Waals surface area (Å²) in [5.74, 6) is 1.31. The van der Waals surface area contributed by atoms with E-state index in [0.29, 0.717) is 17.3 Å². The van der Waals surface area contributed by atoms with E-state index in [-0.39, 0.29) is 0 Å². The van der Waals surface area contributed by atoms with Gasteiger partial charge in [0.15, 0.2) is 11.6 Å². The standard InChI is InChI=1S/C19H18BrN5/c1-12-10-18(23-19(22-12)14-6-8-16(20)9-7-14)25-24-13(2)15-4-3-5-17(21)11-15/h3-11H,21H2,1-2H3,(H,22,23,25)/b24-13+. The Labute approximate surface area is 155 Å². The molecule has 1 aromatic heterocycles. The molecule has 0 aliphatic carbocycles. The number of hydrogen-bond donors (Lipinski definition) is 2. The van der Waals surface area contributed by atoms with Crippen LogP contribution in [0.15, 0.2) is 64.2 Å². The molecule has 3 N–H and O–H groups in total. The first-order chi connectivity index (χ1) is 12.0. The van der Waals surface area contributed by atoms with E-state index in [1.54, 1.807) is 0 Å². The van der Waals surface area contributed by atoms with Crippen molar-refractivity contribution in [1.29, 1.82) is 0 Å². The maximum absolute atomic E-state index is 5.82. The van der Waals surface area contributed by atoms with Gasteiger partial charge in [-0.05, 0) is 43.7 Å². The second kappa shape index (κ2) is 7.44. The highest BCUT2D eigenvalue weighted by molar-refractivity contribution is 9.10. The van der Waals surface area contributed by atoms with Gasteiger partial charge in [-0.15, -0.1) is 0 Å². The Morgan fingerprint density at radius 3 is 2.56 bits per heavy atom. The van der Waals surface area contributed by atoms with Crippen molar-refractivity contribution in [3.63, 3.8) is 0 Å². The number of anilines is 2. The lowest BCUT2D eigenvalue weighted by Gasteiger charge is -2.07. The molecule has 0 bridgehead atoms. The maximum Gasteiger partial charge on any atom is 0.161 e. The Morgan fingerprint density at radius 2 is 1.84 bits per heavy atom. The fourth-order valence-electron chi connectivity index (χ4n) is 2.32. The molecule has 0 spiro atoms. The van der Waals surface area contributed by atoms with Gasteiger partial charge in [0.2, 0.25) is 0 Å². The average molecular weight is 396 g/mol. The van der Waals surface area contributed by atoms with Gasteiger partial charge < -0.3 is 5.73 Å². The molecule has 0 amide bonds. The molecule has 2 aromatic carbocycles. The molecule has 0 saturated heterocycles. The number of aromatic nitrogens is 2. The number of nitrogen functional groups attached to an aromatic ring is 1. The SMILES string of the molecule is C/C(=N\Nc1cc(C)nc(-c2ccc(Br)cc2)n1)c1cccc(N)c1. The van der Waals surface area contributed by atoms with Crippen molar-refractivity contribution in [2.75, 3.05) is 11.2 Å². The quantitative estimate of drug-likeness (QED) is 0.383. The molecule has 126 valence electrons. The summed E-state index contributed by atoms with van der Waals surface area (Å²) in [7, 11) is 0. The van der Waals surface area contributed by atoms with Crippen LogP contribution in [0.1, 0.15) is 18.2 Å². The maximum atomic E-state index is 5.82. The van der Waals surface area contributed by atoms with Crippen LogP contribution in [-0.4, -0.2) is 15.7 Å². The first kappa shape index (κ1) is 17.1. The number of hydrazone groups is 1. The number of nitrogens with one attached hydrogen (secondary N) is 1. The van der Waals surface area contributed by atoms with Gasteiger partial charge in [-0.3, -0.25) is 5.43 Å². The van der Waals surface area contributed by atoms with Gasteiger partial charge in [0, 0.05) is 27.5 Å². The predicted molar refractivity (Wildman–Crippen MR) is 107 cm³/mol. The van der Waals surface area contributed by atoms with Gasteiger partial charge in [-0.2, -0.15) is 5.10 Å². The van der Waals surface area contributed by atoms with Crippen LogP contribution in [0, 0.1) is 6.92 Å². The summed E-state index contributed by atoms with van der Waals surface area (Å²) in [4.78, 5) is 9.05. The smallest absolute Gasteiger partial charge is 0.161 e. The van der Waals surface area contributed by atoms with E-state index in [1.165, 1.54) is 0 Å². The monoisotopic (exact) mass is 395 g/mol. The van der Waals surface area contributed by atoms with Gasteiger partial charge in [-0.1, -0.05) is 40.2 Å². The highest BCUT2D eigenvalue weighted by Crippen LogP contribution is 2.20. The number of aryl methyl sites for hydroxylation is 1. The van der Waals surface area contributed by atoms with E-state index < -0.39 is 0 Å². The topological polar surface area (TPSA) is 76.2 Å². The molecular formula is C19H18BrN5. The molecular weight excluding hydrogens is 378 g/mol. The summed E-state index contributed by atoms with van der Waals surface area (Å²) >= 11 is 3.44. The lowest BCUT2D eigenvalue weighted by Crippen LogP contribution is -2.03. The summed E-state index contributed by atoms with van der Waals surface area (Å²) in [6, 6.07) is 17.4. The number of halogens is 1. The Kier molecular flexibility index (Phi) is 5.09. The first-order valence-electron chi connectivity index (χ1n) is 7.79. The lowest BCUT2D eigenvalue weighted by molar-refractivity contribution is 1.09. The van der Waals surface area contributed by atoms with Crippen molar-refractivity contribution in [3.8, 4) is 11.4 Å². The molecule has 0 saturated carbocycles. The third-order valence-electron chi connectivity index (χ3n) is 3.60. The second-order valence-electron chi connectivity index (χ2n) is 5.66. The van der Waals surface area contributed by atoms with Crippen LogP contribution < -0.4 is 11.2 Å². The van der Waals surface area contributed by atoms with Crippen molar-refractivity contribution in [2.45, 2.75) is 13.8 Å².